The second-order valence-electron chi connectivity index (χ2n) is 4.67. The van der Waals surface area contributed by atoms with Gasteiger partial charge in [0, 0.05) is 11.8 Å². The summed E-state index contributed by atoms with van der Waals surface area (Å²) in [6, 6.07) is 5.66. The summed E-state index contributed by atoms with van der Waals surface area (Å²) in [7, 11) is 0. The summed E-state index contributed by atoms with van der Waals surface area (Å²) in [5.74, 6) is 2.71. The van der Waals surface area contributed by atoms with Gasteiger partial charge in [-0.05, 0) is 17.0 Å². The molecule has 1 rings (SSSR count). The monoisotopic (exact) mass is 215 g/mol. The molecule has 0 atom stereocenters. The quantitative estimate of drug-likeness (QED) is 0.597. The first kappa shape index (κ1) is 12.3. The lowest BCUT2D eigenvalue weighted by Gasteiger charge is -2.21. The predicted molar refractivity (Wildman–Crippen MR) is 68.1 cm³/mol. The summed E-state index contributed by atoms with van der Waals surface area (Å²) in [5, 5.41) is 10.1. The molecular formula is C14H17NO. The van der Waals surface area contributed by atoms with E-state index in [1.165, 1.54) is 0 Å². The maximum atomic E-state index is 10.1. The molecule has 0 amide bonds. The standard InChI is InChI=1S/C14H17NO/c1-5-9-15-10-11-7-6-8-12(13(11)16)14(2,3)4/h1,6-8,10,16H,9H2,2-4H3. The number of hydrogen-bond acceptors (Lipinski definition) is 2. The molecule has 0 fully saturated rings. The van der Waals surface area contributed by atoms with Gasteiger partial charge in [0.25, 0.3) is 0 Å². The molecule has 2 nitrogen and oxygen atoms in total. The highest BCUT2D eigenvalue weighted by atomic mass is 16.3. The number of para-hydroxylation sites is 1. The van der Waals surface area contributed by atoms with Gasteiger partial charge < -0.3 is 5.11 Å². The summed E-state index contributed by atoms with van der Waals surface area (Å²) in [5.41, 5.74) is 1.54. The van der Waals surface area contributed by atoms with Crippen LogP contribution in [0.25, 0.3) is 0 Å². The number of phenolic OH excluding ortho intramolecular Hbond substituents is 1. The highest BCUT2D eigenvalue weighted by Crippen LogP contribution is 2.32. The van der Waals surface area contributed by atoms with Crippen molar-refractivity contribution in [3.8, 4) is 18.1 Å². The minimum Gasteiger partial charge on any atom is -0.507 e. The van der Waals surface area contributed by atoms with Crippen LogP contribution in [-0.2, 0) is 5.41 Å². The molecule has 0 saturated carbocycles. The van der Waals surface area contributed by atoms with Gasteiger partial charge in [-0.1, -0.05) is 38.8 Å². The molecular weight excluding hydrogens is 198 g/mol. The molecule has 1 aromatic carbocycles. The average Bonchev–Trinajstić information content (AvgIpc) is 2.19. The van der Waals surface area contributed by atoms with E-state index in [0.29, 0.717) is 12.1 Å². The van der Waals surface area contributed by atoms with Crippen molar-refractivity contribution in [3.05, 3.63) is 29.3 Å². The minimum atomic E-state index is -0.0833. The van der Waals surface area contributed by atoms with E-state index in [-0.39, 0.29) is 11.2 Å². The summed E-state index contributed by atoms with van der Waals surface area (Å²) in [6.07, 6.45) is 6.72. The van der Waals surface area contributed by atoms with E-state index >= 15 is 0 Å². The molecule has 1 aromatic rings. The van der Waals surface area contributed by atoms with Gasteiger partial charge in [-0.2, -0.15) is 0 Å². The Hall–Kier alpha value is -1.75. The molecule has 0 aliphatic heterocycles. The van der Waals surface area contributed by atoms with Gasteiger partial charge in [0.15, 0.2) is 0 Å². The van der Waals surface area contributed by atoms with Crippen LogP contribution in [0.1, 0.15) is 31.9 Å². The molecule has 0 aromatic heterocycles. The molecule has 0 aliphatic rings. The lowest BCUT2D eigenvalue weighted by Crippen LogP contribution is -2.11. The Labute approximate surface area is 97.0 Å². The topological polar surface area (TPSA) is 32.6 Å². The minimum absolute atomic E-state index is 0.0833. The number of aliphatic imine (C=N–C) groups is 1. The third-order valence-electron chi connectivity index (χ3n) is 2.29. The van der Waals surface area contributed by atoms with Crippen molar-refractivity contribution >= 4 is 6.21 Å². The van der Waals surface area contributed by atoms with E-state index in [1.807, 2.05) is 18.2 Å². The fourth-order valence-electron chi connectivity index (χ4n) is 1.47. The number of rotatable bonds is 2. The Balaban J connectivity index is 3.10. The van der Waals surface area contributed by atoms with Crippen LogP contribution in [-0.4, -0.2) is 17.9 Å². The van der Waals surface area contributed by atoms with Crippen LogP contribution in [0.2, 0.25) is 0 Å². The van der Waals surface area contributed by atoms with E-state index in [0.717, 1.165) is 5.56 Å². The molecule has 0 heterocycles. The van der Waals surface area contributed by atoms with Crippen LogP contribution in [0.4, 0.5) is 0 Å². The number of hydrogen-bond donors (Lipinski definition) is 1. The highest BCUT2D eigenvalue weighted by molar-refractivity contribution is 5.84. The molecule has 0 saturated heterocycles. The number of benzene rings is 1. The van der Waals surface area contributed by atoms with Crippen molar-refractivity contribution < 1.29 is 5.11 Å². The van der Waals surface area contributed by atoms with Gasteiger partial charge >= 0.3 is 0 Å². The van der Waals surface area contributed by atoms with Crippen molar-refractivity contribution in [2.75, 3.05) is 6.54 Å². The fourth-order valence-corrected chi connectivity index (χ4v) is 1.47. The van der Waals surface area contributed by atoms with E-state index in [2.05, 4.69) is 31.7 Å². The van der Waals surface area contributed by atoms with Gasteiger partial charge in [0.2, 0.25) is 0 Å². The fraction of sp³-hybridized carbons (Fsp3) is 0.357. The summed E-state index contributed by atoms with van der Waals surface area (Å²) in [4.78, 5) is 4.02. The van der Waals surface area contributed by atoms with Gasteiger partial charge in [0.1, 0.15) is 5.75 Å². The van der Waals surface area contributed by atoms with Crippen LogP contribution in [0.3, 0.4) is 0 Å². The molecule has 0 bridgehead atoms. The Bertz CT molecular complexity index is 433. The summed E-state index contributed by atoms with van der Waals surface area (Å²) >= 11 is 0. The Morgan fingerprint density at radius 1 is 1.44 bits per heavy atom. The molecule has 2 heteroatoms. The SMILES string of the molecule is C#CCN=Cc1cccc(C(C)(C)C)c1O. The second-order valence-corrected chi connectivity index (χ2v) is 4.67. The molecule has 0 radical (unpaired) electrons. The Kier molecular flexibility index (Phi) is 3.73. The van der Waals surface area contributed by atoms with Crippen molar-refractivity contribution in [1.82, 2.24) is 0 Å². The highest BCUT2D eigenvalue weighted by Gasteiger charge is 2.18. The Morgan fingerprint density at radius 3 is 2.69 bits per heavy atom. The molecule has 0 aliphatic carbocycles. The van der Waals surface area contributed by atoms with E-state index in [9.17, 15) is 5.11 Å². The molecule has 16 heavy (non-hydrogen) atoms. The number of aromatic hydroxyl groups is 1. The van der Waals surface area contributed by atoms with Gasteiger partial charge in [-0.15, -0.1) is 6.42 Å². The maximum absolute atomic E-state index is 10.1. The Morgan fingerprint density at radius 2 is 2.12 bits per heavy atom. The molecule has 84 valence electrons. The van der Waals surface area contributed by atoms with Crippen molar-refractivity contribution in [3.63, 3.8) is 0 Å². The molecule has 1 N–H and O–H groups in total. The van der Waals surface area contributed by atoms with Crippen LogP contribution in [0.15, 0.2) is 23.2 Å². The van der Waals surface area contributed by atoms with Crippen molar-refractivity contribution in [2.45, 2.75) is 26.2 Å². The first-order chi connectivity index (χ1) is 7.46. The number of terminal acetylenes is 1. The van der Waals surface area contributed by atoms with Gasteiger partial charge in [-0.3, -0.25) is 4.99 Å². The summed E-state index contributed by atoms with van der Waals surface area (Å²) in [6.45, 7) is 6.51. The third kappa shape index (κ3) is 2.87. The van der Waals surface area contributed by atoms with Crippen LogP contribution < -0.4 is 0 Å². The van der Waals surface area contributed by atoms with Gasteiger partial charge in [0.05, 0.1) is 6.54 Å². The zero-order valence-corrected chi connectivity index (χ0v) is 9.99. The zero-order chi connectivity index (χ0) is 12.2. The number of nitrogens with zero attached hydrogens (tertiary/aromatic N) is 1. The first-order valence-electron chi connectivity index (χ1n) is 5.22. The normalized spacial score (nSPS) is 11.6. The smallest absolute Gasteiger partial charge is 0.128 e. The van der Waals surface area contributed by atoms with Crippen LogP contribution in [0.5, 0.6) is 5.75 Å². The number of phenols is 1. The summed E-state index contributed by atoms with van der Waals surface area (Å²) < 4.78 is 0. The maximum Gasteiger partial charge on any atom is 0.128 e. The molecule has 0 spiro atoms. The third-order valence-corrected chi connectivity index (χ3v) is 2.29. The van der Waals surface area contributed by atoms with E-state index < -0.39 is 0 Å². The van der Waals surface area contributed by atoms with Crippen molar-refractivity contribution in [1.29, 1.82) is 0 Å². The zero-order valence-electron chi connectivity index (χ0n) is 9.99. The lowest BCUT2D eigenvalue weighted by molar-refractivity contribution is 0.446. The lowest BCUT2D eigenvalue weighted by atomic mass is 9.85. The second kappa shape index (κ2) is 4.85. The largest absolute Gasteiger partial charge is 0.507 e. The van der Waals surface area contributed by atoms with Gasteiger partial charge in [-0.25, -0.2) is 0 Å². The van der Waals surface area contributed by atoms with Crippen molar-refractivity contribution in [2.24, 2.45) is 4.99 Å². The predicted octanol–water partition coefficient (Wildman–Crippen LogP) is 2.74. The average molecular weight is 215 g/mol. The first-order valence-corrected chi connectivity index (χ1v) is 5.22. The van der Waals surface area contributed by atoms with E-state index in [1.54, 1.807) is 6.21 Å². The van der Waals surface area contributed by atoms with Crippen LogP contribution in [0, 0.1) is 12.3 Å². The molecule has 0 unspecified atom stereocenters. The van der Waals surface area contributed by atoms with Crippen LogP contribution >= 0.6 is 0 Å². The van der Waals surface area contributed by atoms with E-state index in [4.69, 9.17) is 6.42 Å².